The van der Waals surface area contributed by atoms with Gasteiger partial charge in [-0.05, 0) is 24.0 Å². The van der Waals surface area contributed by atoms with E-state index in [9.17, 15) is 9.90 Å². The second-order valence-corrected chi connectivity index (χ2v) is 5.72. The topological polar surface area (TPSA) is 40.5 Å². The molecule has 20 heavy (non-hydrogen) atoms. The van der Waals surface area contributed by atoms with Gasteiger partial charge in [0.15, 0.2) is 0 Å². The zero-order valence-electron chi connectivity index (χ0n) is 12.5. The van der Waals surface area contributed by atoms with Gasteiger partial charge in [-0.2, -0.15) is 0 Å². The van der Waals surface area contributed by atoms with Crippen LogP contribution < -0.4 is 0 Å². The summed E-state index contributed by atoms with van der Waals surface area (Å²) in [5.74, 6) is -1.08. The number of aliphatic carboxylic acids is 1. The van der Waals surface area contributed by atoms with Crippen LogP contribution in [0.2, 0.25) is 0 Å². The smallest absolute Gasteiger partial charge is 0.312 e. The summed E-state index contributed by atoms with van der Waals surface area (Å²) in [6.07, 6.45) is 4.67. The third-order valence-electron chi connectivity index (χ3n) is 4.40. The number of hydrogen-bond acceptors (Lipinski definition) is 2. The second kappa shape index (κ2) is 6.89. The van der Waals surface area contributed by atoms with Gasteiger partial charge in [0, 0.05) is 19.1 Å². The summed E-state index contributed by atoms with van der Waals surface area (Å²) < 4.78 is 0. The van der Waals surface area contributed by atoms with E-state index in [1.807, 2.05) is 18.2 Å². The number of carbonyl (C=O) groups is 1. The van der Waals surface area contributed by atoms with Gasteiger partial charge in [-0.3, -0.25) is 9.69 Å². The highest BCUT2D eigenvalue weighted by Gasteiger charge is 2.32. The lowest BCUT2D eigenvalue weighted by Crippen LogP contribution is -2.42. The van der Waals surface area contributed by atoms with Crippen LogP contribution in [0.5, 0.6) is 0 Å². The van der Waals surface area contributed by atoms with E-state index < -0.39 is 5.97 Å². The molecule has 2 unspecified atom stereocenters. The van der Waals surface area contributed by atoms with Crippen molar-refractivity contribution < 1.29 is 9.90 Å². The van der Waals surface area contributed by atoms with Crippen molar-refractivity contribution >= 4 is 5.97 Å². The molecule has 0 saturated carbocycles. The van der Waals surface area contributed by atoms with Crippen molar-refractivity contribution in [3.63, 3.8) is 0 Å². The highest BCUT2D eigenvalue weighted by Crippen LogP contribution is 2.31. The Labute approximate surface area is 121 Å². The Bertz CT molecular complexity index is 458. The zero-order valence-corrected chi connectivity index (χ0v) is 12.5. The molecule has 0 amide bonds. The first-order valence-corrected chi connectivity index (χ1v) is 7.72. The first kappa shape index (κ1) is 15.0. The molecular formula is C17H25NO2. The number of carboxylic acids is 1. The van der Waals surface area contributed by atoms with Gasteiger partial charge in [-0.25, -0.2) is 0 Å². The van der Waals surface area contributed by atoms with E-state index in [-0.39, 0.29) is 5.92 Å². The normalized spacial score (nSPS) is 20.4. The Kier molecular flexibility index (Phi) is 5.18. The molecule has 0 spiro atoms. The molecule has 0 aromatic heterocycles. The van der Waals surface area contributed by atoms with E-state index >= 15 is 0 Å². The minimum Gasteiger partial charge on any atom is -0.481 e. The fourth-order valence-corrected chi connectivity index (χ4v) is 3.21. The van der Waals surface area contributed by atoms with Gasteiger partial charge in [0.25, 0.3) is 0 Å². The number of carboxylic acid groups (broad SMARTS) is 1. The largest absolute Gasteiger partial charge is 0.481 e. The summed E-state index contributed by atoms with van der Waals surface area (Å²) in [7, 11) is 0. The highest BCUT2D eigenvalue weighted by molar-refractivity contribution is 5.77. The Balaban J connectivity index is 2.20. The molecule has 3 nitrogen and oxygen atoms in total. The number of rotatable bonds is 6. The summed E-state index contributed by atoms with van der Waals surface area (Å²) in [4.78, 5) is 13.9. The molecule has 2 atom stereocenters. The van der Waals surface area contributed by atoms with Crippen LogP contribution in [0.25, 0.3) is 0 Å². The van der Waals surface area contributed by atoms with Crippen LogP contribution in [0.1, 0.15) is 56.6 Å². The summed E-state index contributed by atoms with van der Waals surface area (Å²) in [5, 5.41) is 9.51. The molecule has 0 saturated heterocycles. The first-order chi connectivity index (χ1) is 9.67. The first-order valence-electron chi connectivity index (χ1n) is 7.72. The molecule has 0 radical (unpaired) electrons. The highest BCUT2D eigenvalue weighted by atomic mass is 16.4. The maximum absolute atomic E-state index is 11.6. The van der Waals surface area contributed by atoms with Crippen LogP contribution in [0.3, 0.4) is 0 Å². The molecule has 110 valence electrons. The van der Waals surface area contributed by atoms with E-state index in [1.165, 1.54) is 24.8 Å². The summed E-state index contributed by atoms with van der Waals surface area (Å²) >= 11 is 0. The van der Waals surface area contributed by atoms with Gasteiger partial charge in [0.2, 0.25) is 0 Å². The molecule has 3 heteroatoms. The molecule has 1 aliphatic heterocycles. The van der Waals surface area contributed by atoms with E-state index in [0.29, 0.717) is 12.6 Å². The van der Waals surface area contributed by atoms with Crippen LogP contribution in [-0.4, -0.2) is 28.6 Å². The Morgan fingerprint density at radius 2 is 2.15 bits per heavy atom. The van der Waals surface area contributed by atoms with E-state index in [4.69, 9.17) is 0 Å². The molecule has 0 bridgehead atoms. The summed E-state index contributed by atoms with van der Waals surface area (Å²) in [6, 6.07) is 8.50. The summed E-state index contributed by atoms with van der Waals surface area (Å²) in [5.41, 5.74) is 2.18. The third-order valence-corrected chi connectivity index (χ3v) is 4.40. The van der Waals surface area contributed by atoms with Crippen molar-refractivity contribution in [3.05, 3.63) is 35.4 Å². The SMILES string of the molecule is CCCCC(CC)N1Cc2ccccc2C(C(=O)O)C1. The number of unbranched alkanes of at least 4 members (excludes halogenated alkanes) is 1. The Hall–Kier alpha value is -1.35. The number of nitrogens with zero attached hydrogens (tertiary/aromatic N) is 1. The average molecular weight is 275 g/mol. The van der Waals surface area contributed by atoms with Crippen molar-refractivity contribution in [1.29, 1.82) is 0 Å². The number of benzene rings is 1. The molecule has 2 rings (SSSR count). The minimum absolute atomic E-state index is 0.379. The van der Waals surface area contributed by atoms with Crippen LogP contribution in [0, 0.1) is 0 Å². The van der Waals surface area contributed by atoms with Crippen LogP contribution in [0.15, 0.2) is 24.3 Å². The van der Waals surface area contributed by atoms with Gasteiger partial charge in [0.05, 0.1) is 5.92 Å². The third kappa shape index (κ3) is 3.21. The van der Waals surface area contributed by atoms with Gasteiger partial charge in [0.1, 0.15) is 0 Å². The molecule has 1 aromatic carbocycles. The fraction of sp³-hybridized carbons (Fsp3) is 0.588. The molecule has 1 aliphatic rings. The van der Waals surface area contributed by atoms with Gasteiger partial charge < -0.3 is 5.11 Å². The van der Waals surface area contributed by atoms with Crippen molar-refractivity contribution in [2.75, 3.05) is 6.54 Å². The molecular weight excluding hydrogens is 250 g/mol. The predicted molar refractivity (Wildman–Crippen MR) is 80.8 cm³/mol. The van der Waals surface area contributed by atoms with Crippen molar-refractivity contribution in [1.82, 2.24) is 4.90 Å². The molecule has 1 N–H and O–H groups in total. The Morgan fingerprint density at radius 3 is 2.80 bits per heavy atom. The van der Waals surface area contributed by atoms with Gasteiger partial charge in [-0.15, -0.1) is 0 Å². The zero-order chi connectivity index (χ0) is 14.5. The molecule has 0 aliphatic carbocycles. The monoisotopic (exact) mass is 275 g/mol. The predicted octanol–water partition coefficient (Wildman–Crippen LogP) is 3.64. The van der Waals surface area contributed by atoms with E-state index in [2.05, 4.69) is 24.8 Å². The van der Waals surface area contributed by atoms with Gasteiger partial charge >= 0.3 is 5.97 Å². The number of fused-ring (bicyclic) bond motifs is 1. The maximum atomic E-state index is 11.6. The molecule has 1 heterocycles. The van der Waals surface area contributed by atoms with Crippen LogP contribution in [0.4, 0.5) is 0 Å². The maximum Gasteiger partial charge on any atom is 0.312 e. The standard InChI is InChI=1S/C17H25NO2/c1-3-5-9-14(4-2)18-11-13-8-6-7-10-15(13)16(12-18)17(19)20/h6-8,10,14,16H,3-5,9,11-12H2,1-2H3,(H,19,20). The van der Waals surface area contributed by atoms with Gasteiger partial charge in [-0.1, -0.05) is 51.0 Å². The average Bonchev–Trinajstić information content (AvgIpc) is 2.47. The summed E-state index contributed by atoms with van der Waals surface area (Å²) in [6.45, 7) is 5.95. The Morgan fingerprint density at radius 1 is 1.40 bits per heavy atom. The molecule has 1 aromatic rings. The quantitative estimate of drug-likeness (QED) is 0.861. The second-order valence-electron chi connectivity index (χ2n) is 5.72. The molecule has 0 fully saturated rings. The lowest BCUT2D eigenvalue weighted by molar-refractivity contribution is -0.139. The van der Waals surface area contributed by atoms with Crippen molar-refractivity contribution in [3.8, 4) is 0 Å². The van der Waals surface area contributed by atoms with Crippen molar-refractivity contribution in [2.24, 2.45) is 0 Å². The lowest BCUT2D eigenvalue weighted by atomic mass is 9.88. The van der Waals surface area contributed by atoms with E-state index in [1.54, 1.807) is 0 Å². The minimum atomic E-state index is -0.701. The fourth-order valence-electron chi connectivity index (χ4n) is 3.21. The van der Waals surface area contributed by atoms with Crippen molar-refractivity contribution in [2.45, 2.75) is 58.0 Å². The van der Waals surface area contributed by atoms with Crippen LogP contribution in [-0.2, 0) is 11.3 Å². The number of hydrogen-bond donors (Lipinski definition) is 1. The van der Waals surface area contributed by atoms with Crippen LogP contribution >= 0.6 is 0 Å². The lowest BCUT2D eigenvalue weighted by Gasteiger charge is -2.38. The van der Waals surface area contributed by atoms with E-state index in [0.717, 1.165) is 18.5 Å².